The molecule has 0 amide bonds. The van der Waals surface area contributed by atoms with Gasteiger partial charge in [-0.1, -0.05) is 0 Å². The van der Waals surface area contributed by atoms with Gasteiger partial charge in [0.2, 0.25) is 10.0 Å². The molecule has 0 atom stereocenters. The summed E-state index contributed by atoms with van der Waals surface area (Å²) in [7, 11) is -3.76. The summed E-state index contributed by atoms with van der Waals surface area (Å²) in [5, 5.41) is 16.4. The highest BCUT2D eigenvalue weighted by Gasteiger charge is 2.26. The Morgan fingerprint density at radius 1 is 1.22 bits per heavy atom. The molecule has 2 aliphatic heterocycles. The molecule has 142 valence electrons. The van der Waals surface area contributed by atoms with Crippen molar-refractivity contribution in [3.63, 3.8) is 0 Å². The summed E-state index contributed by atoms with van der Waals surface area (Å²) in [6, 6.07) is 7.75. The molecule has 2 aromatic rings. The van der Waals surface area contributed by atoms with Crippen LogP contribution >= 0.6 is 0 Å². The van der Waals surface area contributed by atoms with Crippen molar-refractivity contribution in [3.8, 4) is 5.75 Å². The van der Waals surface area contributed by atoms with E-state index in [2.05, 4.69) is 0 Å². The number of primary sulfonamides is 1. The molecule has 0 radical (unpaired) electrons. The maximum absolute atomic E-state index is 11.5. The van der Waals surface area contributed by atoms with Crippen LogP contribution < -0.4 is 14.8 Å². The minimum absolute atomic E-state index is 0.0122. The fourth-order valence-electron chi connectivity index (χ4n) is 3.50. The number of nitrogens with two attached hydrogens (primary N) is 1. The first-order valence-corrected chi connectivity index (χ1v) is 9.79. The summed E-state index contributed by atoms with van der Waals surface area (Å²) in [5.74, 6) is 0.612. The number of rotatable bonds is 4. The van der Waals surface area contributed by atoms with Crippen molar-refractivity contribution in [2.75, 3.05) is 18.2 Å². The van der Waals surface area contributed by atoms with Gasteiger partial charge in [0.05, 0.1) is 16.4 Å². The van der Waals surface area contributed by atoms with Crippen LogP contribution in [0.1, 0.15) is 16.7 Å². The van der Waals surface area contributed by atoms with Gasteiger partial charge in [-0.15, -0.1) is 0 Å². The number of ether oxygens (including phenoxy) is 2. The van der Waals surface area contributed by atoms with E-state index < -0.39 is 14.9 Å². The predicted molar refractivity (Wildman–Crippen MR) is 95.9 cm³/mol. The molecule has 0 unspecified atom stereocenters. The summed E-state index contributed by atoms with van der Waals surface area (Å²) in [6.07, 6.45) is 0.666. The van der Waals surface area contributed by atoms with Gasteiger partial charge in [0.15, 0.2) is 6.79 Å². The van der Waals surface area contributed by atoms with Gasteiger partial charge in [0.25, 0.3) is 5.69 Å². The van der Waals surface area contributed by atoms with Crippen LogP contribution in [0.5, 0.6) is 5.75 Å². The zero-order chi connectivity index (χ0) is 19.2. The summed E-state index contributed by atoms with van der Waals surface area (Å²) < 4.78 is 33.9. The number of fused-ring (bicyclic) bond motifs is 2. The number of hydrogen-bond donors (Lipinski definition) is 1. The fraction of sp³-hybridized carbons (Fsp3) is 0.294. The average Bonchev–Trinajstić information content (AvgIpc) is 3.03. The van der Waals surface area contributed by atoms with Gasteiger partial charge >= 0.3 is 0 Å². The molecule has 0 aromatic heterocycles. The largest absolute Gasteiger partial charge is 0.467 e. The number of sulfonamides is 1. The normalized spacial score (nSPS) is 15.8. The monoisotopic (exact) mass is 391 g/mol. The minimum atomic E-state index is -3.76. The van der Waals surface area contributed by atoms with Gasteiger partial charge in [-0.25, -0.2) is 13.6 Å². The molecule has 0 fully saturated rings. The molecule has 9 nitrogen and oxygen atoms in total. The molecule has 0 saturated carbocycles. The Morgan fingerprint density at radius 3 is 2.78 bits per heavy atom. The highest BCUT2D eigenvalue weighted by molar-refractivity contribution is 7.89. The number of nitrogens with zero attached hydrogens (tertiary/aromatic N) is 2. The molecule has 2 N–H and O–H groups in total. The lowest BCUT2D eigenvalue weighted by Crippen LogP contribution is -2.22. The SMILES string of the molecule is NS(=O)(=O)c1ccc2c(c1)CCN2Cc1cc([N+](=O)[O-])cc2c1OCOC2. The van der Waals surface area contributed by atoms with E-state index in [0.29, 0.717) is 36.4 Å². The predicted octanol–water partition coefficient (Wildman–Crippen LogP) is 1.67. The molecule has 2 aliphatic rings. The summed E-state index contributed by atoms with van der Waals surface area (Å²) in [4.78, 5) is 12.9. The fourth-order valence-corrected chi connectivity index (χ4v) is 4.06. The van der Waals surface area contributed by atoms with E-state index >= 15 is 0 Å². The number of benzene rings is 2. The second-order valence-corrected chi connectivity index (χ2v) is 8.03. The third kappa shape index (κ3) is 3.34. The van der Waals surface area contributed by atoms with Crippen molar-refractivity contribution in [3.05, 3.63) is 57.1 Å². The number of hydrogen-bond acceptors (Lipinski definition) is 7. The Morgan fingerprint density at radius 2 is 2.04 bits per heavy atom. The molecule has 0 spiro atoms. The van der Waals surface area contributed by atoms with Crippen molar-refractivity contribution in [1.82, 2.24) is 0 Å². The van der Waals surface area contributed by atoms with Crippen molar-refractivity contribution >= 4 is 21.4 Å². The molecule has 27 heavy (non-hydrogen) atoms. The van der Waals surface area contributed by atoms with Crippen molar-refractivity contribution in [2.24, 2.45) is 5.14 Å². The van der Waals surface area contributed by atoms with Crippen molar-refractivity contribution in [2.45, 2.75) is 24.5 Å². The lowest BCUT2D eigenvalue weighted by atomic mass is 10.1. The van der Waals surface area contributed by atoms with Crippen LogP contribution in [0, 0.1) is 10.1 Å². The topological polar surface area (TPSA) is 125 Å². The van der Waals surface area contributed by atoms with Crippen LogP contribution in [0.25, 0.3) is 0 Å². The number of anilines is 1. The van der Waals surface area contributed by atoms with Gasteiger partial charge < -0.3 is 14.4 Å². The van der Waals surface area contributed by atoms with Gasteiger partial charge in [-0.3, -0.25) is 10.1 Å². The van der Waals surface area contributed by atoms with E-state index in [1.165, 1.54) is 18.2 Å². The van der Waals surface area contributed by atoms with E-state index in [9.17, 15) is 18.5 Å². The summed E-state index contributed by atoms with van der Waals surface area (Å²) in [6.45, 7) is 1.44. The van der Waals surface area contributed by atoms with Crippen molar-refractivity contribution < 1.29 is 22.8 Å². The average molecular weight is 391 g/mol. The lowest BCUT2D eigenvalue weighted by Gasteiger charge is -2.24. The van der Waals surface area contributed by atoms with Crippen LogP contribution in [0.15, 0.2) is 35.2 Å². The third-order valence-corrected chi connectivity index (χ3v) is 5.63. The Hall–Kier alpha value is -2.69. The first-order chi connectivity index (χ1) is 12.8. The third-order valence-electron chi connectivity index (χ3n) is 4.71. The van der Waals surface area contributed by atoms with Crippen molar-refractivity contribution in [1.29, 1.82) is 0 Å². The molecule has 0 saturated heterocycles. The Kier molecular flexibility index (Phi) is 4.25. The van der Waals surface area contributed by atoms with Crippen LogP contribution in [-0.2, 0) is 34.3 Å². The van der Waals surface area contributed by atoms with Crippen LogP contribution in [0.2, 0.25) is 0 Å². The smallest absolute Gasteiger partial charge is 0.270 e. The molecular formula is C17H17N3O6S. The second kappa shape index (κ2) is 6.48. The molecule has 0 aliphatic carbocycles. The first kappa shape index (κ1) is 17.7. The molecule has 10 heteroatoms. The molecule has 0 bridgehead atoms. The second-order valence-electron chi connectivity index (χ2n) is 6.47. The maximum Gasteiger partial charge on any atom is 0.270 e. The zero-order valence-electron chi connectivity index (χ0n) is 14.3. The van der Waals surface area contributed by atoms with Crippen LogP contribution in [-0.4, -0.2) is 26.7 Å². The first-order valence-electron chi connectivity index (χ1n) is 8.24. The van der Waals surface area contributed by atoms with E-state index in [1.54, 1.807) is 12.1 Å². The Bertz CT molecular complexity index is 1040. The van der Waals surface area contributed by atoms with E-state index in [4.69, 9.17) is 14.6 Å². The lowest BCUT2D eigenvalue weighted by molar-refractivity contribution is -0.385. The number of nitro groups is 1. The summed E-state index contributed by atoms with van der Waals surface area (Å²) in [5.41, 5.74) is 3.10. The van der Waals surface area contributed by atoms with Gasteiger partial charge in [-0.2, -0.15) is 0 Å². The van der Waals surface area contributed by atoms with Gasteiger partial charge in [-0.05, 0) is 30.2 Å². The van der Waals surface area contributed by atoms with Gasteiger partial charge in [0, 0.05) is 42.0 Å². The Labute approximate surface area is 155 Å². The summed E-state index contributed by atoms with van der Waals surface area (Å²) >= 11 is 0. The van der Waals surface area contributed by atoms with E-state index in [-0.39, 0.29) is 24.0 Å². The quantitative estimate of drug-likeness (QED) is 0.621. The standard InChI is InChI=1S/C17H17N3O6S/c18-27(23,24)15-1-2-16-11(7-15)3-4-19(16)8-12-5-14(20(21)22)6-13-9-25-10-26-17(12)13/h1-2,5-7H,3-4,8-10H2,(H2,18,23,24). The van der Waals surface area contributed by atoms with Gasteiger partial charge in [0.1, 0.15) is 5.75 Å². The van der Waals surface area contributed by atoms with Crippen LogP contribution in [0.4, 0.5) is 11.4 Å². The van der Waals surface area contributed by atoms with E-state index in [1.807, 2.05) is 4.90 Å². The highest BCUT2D eigenvalue weighted by atomic mass is 32.2. The molecule has 2 heterocycles. The number of non-ortho nitro benzene ring substituents is 1. The highest BCUT2D eigenvalue weighted by Crippen LogP contribution is 2.36. The number of nitro benzene ring substituents is 1. The zero-order valence-corrected chi connectivity index (χ0v) is 15.1. The Balaban J connectivity index is 1.69. The molecular weight excluding hydrogens is 374 g/mol. The minimum Gasteiger partial charge on any atom is -0.467 e. The molecule has 2 aromatic carbocycles. The molecule has 4 rings (SSSR count). The maximum atomic E-state index is 11.5. The van der Waals surface area contributed by atoms with E-state index in [0.717, 1.165) is 11.3 Å². The van der Waals surface area contributed by atoms with Crippen LogP contribution in [0.3, 0.4) is 0 Å².